The first-order valence-corrected chi connectivity index (χ1v) is 14.7. The van der Waals surface area contributed by atoms with E-state index in [4.69, 9.17) is 0 Å². The smallest absolute Gasteiger partial charge is 0.429 e. The lowest BCUT2D eigenvalue weighted by Gasteiger charge is -2.29. The molecule has 0 radical (unpaired) electrons. The fourth-order valence-electron chi connectivity index (χ4n) is 6.01. The van der Waals surface area contributed by atoms with E-state index in [2.05, 4.69) is 11.7 Å². The Morgan fingerprint density at radius 1 is 0.644 bits per heavy atom. The molecule has 0 amide bonds. The van der Waals surface area contributed by atoms with Crippen molar-refractivity contribution in [2.75, 3.05) is 0 Å². The van der Waals surface area contributed by atoms with Gasteiger partial charge in [-0.05, 0) is 96.7 Å². The Morgan fingerprint density at radius 2 is 1.18 bits per heavy atom. The fraction of sp³-hybridized carbons (Fsp3) is 0.314. The minimum absolute atomic E-state index is 0.162. The summed E-state index contributed by atoms with van der Waals surface area (Å²) in [4.78, 5) is 0. The minimum atomic E-state index is -4.65. The van der Waals surface area contributed by atoms with Crippen LogP contribution >= 0.6 is 0 Å². The van der Waals surface area contributed by atoms with Gasteiger partial charge in [-0.1, -0.05) is 38.3 Å². The molecule has 1 aliphatic rings. The third kappa shape index (κ3) is 6.99. The zero-order chi connectivity index (χ0) is 32.5. The van der Waals surface area contributed by atoms with Crippen LogP contribution < -0.4 is 4.74 Å². The quantitative estimate of drug-likeness (QED) is 0.131. The number of unbranched alkanes of at least 4 members (excludes halogenated alkanes) is 1. The molecule has 1 saturated carbocycles. The molecule has 4 aromatic rings. The molecule has 4 aromatic carbocycles. The Balaban J connectivity index is 1.33. The molecule has 0 unspecified atom stereocenters. The number of ether oxygens (including phenoxy) is 1. The van der Waals surface area contributed by atoms with Gasteiger partial charge in [0.05, 0.1) is 0 Å². The predicted octanol–water partition coefficient (Wildman–Crippen LogP) is 11.6. The third-order valence-corrected chi connectivity index (χ3v) is 8.40. The van der Waals surface area contributed by atoms with Crippen LogP contribution in [0.2, 0.25) is 0 Å². The molecular formula is C35H29F9O. The van der Waals surface area contributed by atoms with Crippen molar-refractivity contribution in [2.24, 2.45) is 5.92 Å². The molecule has 1 fully saturated rings. The number of benzene rings is 4. The second-order valence-electron chi connectivity index (χ2n) is 11.4. The maximum absolute atomic E-state index is 15.2. The van der Waals surface area contributed by atoms with Crippen molar-refractivity contribution in [3.63, 3.8) is 0 Å². The second-order valence-corrected chi connectivity index (χ2v) is 11.4. The van der Waals surface area contributed by atoms with E-state index in [9.17, 15) is 35.1 Å². The van der Waals surface area contributed by atoms with Crippen LogP contribution in [0.1, 0.15) is 68.9 Å². The number of hydrogen-bond acceptors (Lipinski definition) is 1. The number of alkyl halides is 2. The van der Waals surface area contributed by atoms with Gasteiger partial charge in [0.1, 0.15) is 34.6 Å². The summed E-state index contributed by atoms with van der Waals surface area (Å²) in [5, 5.41) is 0. The van der Waals surface area contributed by atoms with E-state index in [-0.39, 0.29) is 17.0 Å². The average molecular weight is 637 g/mol. The van der Waals surface area contributed by atoms with Crippen LogP contribution in [0.3, 0.4) is 0 Å². The third-order valence-electron chi connectivity index (χ3n) is 8.40. The Labute approximate surface area is 254 Å². The first-order valence-electron chi connectivity index (χ1n) is 14.7. The molecule has 0 atom stereocenters. The van der Waals surface area contributed by atoms with E-state index in [0.717, 1.165) is 49.8 Å². The molecule has 10 heteroatoms. The number of hydrogen-bond donors (Lipinski definition) is 0. The van der Waals surface area contributed by atoms with Crippen LogP contribution in [-0.2, 0) is 6.11 Å². The molecule has 0 heterocycles. The average Bonchev–Trinajstić information content (AvgIpc) is 2.98. The van der Waals surface area contributed by atoms with Crippen molar-refractivity contribution in [1.82, 2.24) is 0 Å². The first kappa shape index (κ1) is 32.4. The molecule has 0 N–H and O–H groups in total. The molecule has 238 valence electrons. The Bertz CT molecular complexity index is 1650. The van der Waals surface area contributed by atoms with Crippen LogP contribution in [0, 0.1) is 46.6 Å². The molecule has 0 aliphatic heterocycles. The first-order chi connectivity index (χ1) is 21.4. The van der Waals surface area contributed by atoms with Gasteiger partial charge in [-0.15, -0.1) is 0 Å². The van der Waals surface area contributed by atoms with Gasteiger partial charge in [-0.25, -0.2) is 30.7 Å². The standard InChI is InChI=1S/C35H29F9O/c1-2-3-4-19-5-7-20(8-6-19)21-9-11-25(27(36)13-21)22-14-29(38)33(30(39)15-22)35(43,44)45-24-10-12-26(28(37)18-24)23-16-31(40)34(42)32(41)17-23/h9-20H,2-8H2,1H3. The van der Waals surface area contributed by atoms with Gasteiger partial charge >= 0.3 is 6.11 Å². The predicted molar refractivity (Wildman–Crippen MR) is 152 cm³/mol. The summed E-state index contributed by atoms with van der Waals surface area (Å²) in [5.74, 6) is -10.5. The van der Waals surface area contributed by atoms with E-state index in [1.165, 1.54) is 25.0 Å². The summed E-state index contributed by atoms with van der Waals surface area (Å²) >= 11 is 0. The SMILES string of the molecule is CCCCC1CCC(c2ccc(-c3cc(F)c(C(F)(F)Oc4ccc(-c5cc(F)c(F)c(F)c5)c(F)c4)c(F)c3)c(F)c2)CC1. The summed E-state index contributed by atoms with van der Waals surface area (Å²) in [5.41, 5.74) is -2.38. The van der Waals surface area contributed by atoms with Gasteiger partial charge in [0, 0.05) is 17.2 Å². The lowest BCUT2D eigenvalue weighted by molar-refractivity contribution is -0.189. The highest BCUT2D eigenvalue weighted by Crippen LogP contribution is 2.41. The van der Waals surface area contributed by atoms with E-state index in [1.807, 2.05) is 0 Å². The van der Waals surface area contributed by atoms with Crippen LogP contribution in [-0.4, -0.2) is 0 Å². The van der Waals surface area contributed by atoms with Gasteiger partial charge < -0.3 is 4.74 Å². The highest BCUT2D eigenvalue weighted by Gasteiger charge is 2.41. The molecule has 1 nitrogen and oxygen atoms in total. The lowest BCUT2D eigenvalue weighted by atomic mass is 9.77. The van der Waals surface area contributed by atoms with Crippen molar-refractivity contribution in [3.8, 4) is 28.0 Å². The van der Waals surface area contributed by atoms with Gasteiger partial charge in [0.25, 0.3) is 0 Å². The van der Waals surface area contributed by atoms with Crippen LogP contribution in [0.4, 0.5) is 39.5 Å². The molecule has 1 aliphatic carbocycles. The van der Waals surface area contributed by atoms with Gasteiger partial charge in [0.2, 0.25) is 0 Å². The fourth-order valence-corrected chi connectivity index (χ4v) is 6.01. The van der Waals surface area contributed by atoms with Gasteiger partial charge in [-0.2, -0.15) is 8.78 Å². The highest BCUT2D eigenvalue weighted by molar-refractivity contribution is 5.66. The summed E-state index contributed by atoms with van der Waals surface area (Å²) < 4.78 is 135. The van der Waals surface area contributed by atoms with Crippen molar-refractivity contribution >= 4 is 0 Å². The largest absolute Gasteiger partial charge is 0.432 e. The molecular weight excluding hydrogens is 607 g/mol. The monoisotopic (exact) mass is 636 g/mol. The summed E-state index contributed by atoms with van der Waals surface area (Å²) in [6.45, 7) is 2.15. The van der Waals surface area contributed by atoms with E-state index in [1.54, 1.807) is 6.07 Å². The molecule has 0 bridgehead atoms. The van der Waals surface area contributed by atoms with Crippen LogP contribution in [0.15, 0.2) is 60.7 Å². The summed E-state index contributed by atoms with van der Waals surface area (Å²) in [6.07, 6.45) is 2.78. The summed E-state index contributed by atoms with van der Waals surface area (Å²) in [6, 6.07) is 8.55. The van der Waals surface area contributed by atoms with Crippen molar-refractivity contribution < 1.29 is 44.3 Å². The Hall–Kier alpha value is -3.95. The zero-order valence-corrected chi connectivity index (χ0v) is 24.2. The van der Waals surface area contributed by atoms with E-state index in [0.29, 0.717) is 36.2 Å². The van der Waals surface area contributed by atoms with Gasteiger partial charge in [0.15, 0.2) is 17.5 Å². The van der Waals surface area contributed by atoms with Crippen molar-refractivity contribution in [1.29, 1.82) is 0 Å². The van der Waals surface area contributed by atoms with Crippen molar-refractivity contribution in [2.45, 2.75) is 63.9 Å². The molecule has 0 aromatic heterocycles. The highest BCUT2D eigenvalue weighted by atomic mass is 19.3. The summed E-state index contributed by atoms with van der Waals surface area (Å²) in [7, 11) is 0. The second kappa shape index (κ2) is 13.2. The molecule has 0 saturated heterocycles. The maximum atomic E-state index is 15.2. The van der Waals surface area contributed by atoms with Crippen LogP contribution in [0.5, 0.6) is 5.75 Å². The normalized spacial score (nSPS) is 17.0. The topological polar surface area (TPSA) is 9.23 Å². The van der Waals surface area contributed by atoms with E-state index < -0.39 is 69.3 Å². The van der Waals surface area contributed by atoms with Crippen LogP contribution in [0.25, 0.3) is 22.3 Å². The molecule has 0 spiro atoms. The Kier molecular flexibility index (Phi) is 9.51. The Morgan fingerprint density at radius 3 is 1.71 bits per heavy atom. The molecule has 45 heavy (non-hydrogen) atoms. The number of rotatable bonds is 9. The zero-order valence-electron chi connectivity index (χ0n) is 24.2. The maximum Gasteiger partial charge on any atom is 0.432 e. The molecule has 5 rings (SSSR count). The minimum Gasteiger partial charge on any atom is -0.429 e. The van der Waals surface area contributed by atoms with Gasteiger partial charge in [-0.3, -0.25) is 0 Å². The number of halogens is 9. The van der Waals surface area contributed by atoms with Crippen molar-refractivity contribution in [3.05, 3.63) is 113 Å². The lowest BCUT2D eigenvalue weighted by Crippen LogP contribution is -2.25. The van der Waals surface area contributed by atoms with E-state index >= 15 is 4.39 Å².